The number of hydrogen-bond donors (Lipinski definition) is 2. The molecule has 1 amide bonds. The molecule has 0 bridgehead atoms. The Hall–Kier alpha value is -2.63. The maximum absolute atomic E-state index is 12.5. The number of rotatable bonds is 6. The number of aryl methyl sites for hydroxylation is 2. The van der Waals surface area contributed by atoms with Crippen molar-refractivity contribution in [3.8, 4) is 0 Å². The van der Waals surface area contributed by atoms with Crippen LogP contribution in [0.2, 0.25) is 0 Å². The first-order valence-electron chi connectivity index (χ1n) is 7.05. The third-order valence-electron chi connectivity index (χ3n) is 3.38. The first-order valence-corrected chi connectivity index (χ1v) is 7.05. The number of carbonyl (C=O) groups is 2. The molecule has 0 aliphatic carbocycles. The van der Waals surface area contributed by atoms with E-state index >= 15 is 0 Å². The van der Waals surface area contributed by atoms with Gasteiger partial charge in [0.25, 0.3) is 5.91 Å². The largest absolute Gasteiger partial charge is 0.481 e. The topological polar surface area (TPSA) is 92.4 Å². The summed E-state index contributed by atoms with van der Waals surface area (Å²) in [5.74, 6) is -0.922. The molecule has 116 valence electrons. The number of benzene rings is 1. The van der Waals surface area contributed by atoms with Crippen LogP contribution in [0.3, 0.4) is 0 Å². The van der Waals surface area contributed by atoms with Crippen LogP contribution in [0, 0.1) is 6.92 Å². The Labute approximate surface area is 128 Å². The standard InChI is InChI=1S/C16H18N2O4/c1-3-12-15(10(2)22-18-12)16(21)17-13(9-14(19)20)11-7-5-4-6-8-11/h4-8,13H,3,9H2,1-2H3,(H,17,21)(H,19,20)/t13-/m0/s1. The van der Waals surface area contributed by atoms with E-state index in [0.29, 0.717) is 23.4 Å². The summed E-state index contributed by atoms with van der Waals surface area (Å²) in [6.07, 6.45) is 0.372. The summed E-state index contributed by atoms with van der Waals surface area (Å²) in [7, 11) is 0. The van der Waals surface area contributed by atoms with Crippen LogP contribution in [0.1, 0.15) is 46.8 Å². The summed E-state index contributed by atoms with van der Waals surface area (Å²) in [6.45, 7) is 3.54. The van der Waals surface area contributed by atoms with E-state index in [-0.39, 0.29) is 12.3 Å². The van der Waals surface area contributed by atoms with Gasteiger partial charge < -0.3 is 14.9 Å². The maximum atomic E-state index is 12.5. The zero-order valence-corrected chi connectivity index (χ0v) is 12.5. The molecule has 6 heteroatoms. The van der Waals surface area contributed by atoms with Crippen molar-refractivity contribution in [3.05, 3.63) is 52.9 Å². The second-order valence-electron chi connectivity index (χ2n) is 4.95. The molecule has 2 aromatic rings. The van der Waals surface area contributed by atoms with Gasteiger partial charge in [0, 0.05) is 0 Å². The van der Waals surface area contributed by atoms with Gasteiger partial charge in [-0.15, -0.1) is 0 Å². The highest BCUT2D eigenvalue weighted by molar-refractivity contribution is 5.96. The van der Waals surface area contributed by atoms with Crippen molar-refractivity contribution in [2.45, 2.75) is 32.7 Å². The van der Waals surface area contributed by atoms with Gasteiger partial charge in [0.15, 0.2) is 0 Å². The third-order valence-corrected chi connectivity index (χ3v) is 3.38. The highest BCUT2D eigenvalue weighted by Gasteiger charge is 2.24. The fourth-order valence-corrected chi connectivity index (χ4v) is 2.29. The van der Waals surface area contributed by atoms with Gasteiger partial charge in [0.05, 0.1) is 18.2 Å². The second-order valence-corrected chi connectivity index (χ2v) is 4.95. The van der Waals surface area contributed by atoms with E-state index in [1.54, 1.807) is 31.2 Å². The van der Waals surface area contributed by atoms with Crippen molar-refractivity contribution in [3.63, 3.8) is 0 Å². The number of nitrogens with one attached hydrogen (secondary N) is 1. The molecule has 2 rings (SSSR count). The highest BCUT2D eigenvalue weighted by Crippen LogP contribution is 2.20. The lowest BCUT2D eigenvalue weighted by Crippen LogP contribution is -2.31. The minimum atomic E-state index is -0.980. The summed E-state index contributed by atoms with van der Waals surface area (Å²) >= 11 is 0. The van der Waals surface area contributed by atoms with Crippen molar-refractivity contribution in [1.29, 1.82) is 0 Å². The highest BCUT2D eigenvalue weighted by atomic mass is 16.5. The Bertz CT molecular complexity index is 664. The number of carboxylic acid groups (broad SMARTS) is 1. The van der Waals surface area contributed by atoms with Crippen LogP contribution in [0.4, 0.5) is 0 Å². The fraction of sp³-hybridized carbons (Fsp3) is 0.312. The Morgan fingerprint density at radius 2 is 2.00 bits per heavy atom. The van der Waals surface area contributed by atoms with Gasteiger partial charge in [0.2, 0.25) is 0 Å². The number of aromatic nitrogens is 1. The molecule has 0 aliphatic heterocycles. The maximum Gasteiger partial charge on any atom is 0.305 e. The fourth-order valence-electron chi connectivity index (χ4n) is 2.29. The van der Waals surface area contributed by atoms with Crippen molar-refractivity contribution < 1.29 is 19.2 Å². The number of hydrogen-bond acceptors (Lipinski definition) is 4. The van der Waals surface area contributed by atoms with Gasteiger partial charge in [-0.25, -0.2) is 0 Å². The van der Waals surface area contributed by atoms with Crippen LogP contribution in [0.15, 0.2) is 34.9 Å². The summed E-state index contributed by atoms with van der Waals surface area (Å²) < 4.78 is 5.05. The number of amides is 1. The normalized spacial score (nSPS) is 11.9. The Kier molecular flexibility index (Phi) is 4.93. The van der Waals surface area contributed by atoms with Crippen LogP contribution in [0.25, 0.3) is 0 Å². The number of carboxylic acids is 1. The second kappa shape index (κ2) is 6.89. The van der Waals surface area contributed by atoms with Crippen LogP contribution in [-0.2, 0) is 11.2 Å². The SMILES string of the molecule is CCc1noc(C)c1C(=O)N[C@@H](CC(=O)O)c1ccccc1. The molecule has 0 saturated heterocycles. The Morgan fingerprint density at radius 3 is 2.59 bits per heavy atom. The first kappa shape index (κ1) is 15.8. The molecular weight excluding hydrogens is 284 g/mol. The number of aliphatic carboxylic acids is 1. The summed E-state index contributed by atoms with van der Waals surface area (Å²) in [5, 5.41) is 15.7. The van der Waals surface area contributed by atoms with E-state index in [2.05, 4.69) is 10.5 Å². The van der Waals surface area contributed by atoms with Gasteiger partial charge in [-0.3, -0.25) is 9.59 Å². The van der Waals surface area contributed by atoms with Crippen molar-refractivity contribution in [1.82, 2.24) is 10.5 Å². The Balaban J connectivity index is 2.25. The molecule has 1 heterocycles. The van der Waals surface area contributed by atoms with Gasteiger partial charge in [-0.2, -0.15) is 0 Å². The molecule has 1 aromatic carbocycles. The molecule has 1 atom stereocenters. The number of nitrogens with zero attached hydrogens (tertiary/aromatic N) is 1. The van der Waals surface area contributed by atoms with Crippen LogP contribution < -0.4 is 5.32 Å². The van der Waals surface area contributed by atoms with E-state index < -0.39 is 12.0 Å². The van der Waals surface area contributed by atoms with Crippen LogP contribution in [0.5, 0.6) is 0 Å². The van der Waals surface area contributed by atoms with Crippen molar-refractivity contribution in [2.24, 2.45) is 0 Å². The molecule has 22 heavy (non-hydrogen) atoms. The predicted octanol–water partition coefficient (Wildman–Crippen LogP) is 2.49. The molecule has 1 aromatic heterocycles. The van der Waals surface area contributed by atoms with Gasteiger partial charge in [-0.05, 0) is 18.9 Å². The van der Waals surface area contributed by atoms with Crippen molar-refractivity contribution >= 4 is 11.9 Å². The molecule has 0 saturated carbocycles. The van der Waals surface area contributed by atoms with E-state index in [1.807, 2.05) is 13.0 Å². The lowest BCUT2D eigenvalue weighted by atomic mass is 10.0. The van der Waals surface area contributed by atoms with Crippen LogP contribution in [-0.4, -0.2) is 22.1 Å². The average Bonchev–Trinajstić information content (AvgIpc) is 2.88. The van der Waals surface area contributed by atoms with E-state index in [1.165, 1.54) is 0 Å². The number of carbonyl (C=O) groups excluding carboxylic acids is 1. The molecule has 0 spiro atoms. The molecule has 0 unspecified atom stereocenters. The van der Waals surface area contributed by atoms with Gasteiger partial charge in [-0.1, -0.05) is 42.4 Å². The minimum Gasteiger partial charge on any atom is -0.481 e. The zero-order chi connectivity index (χ0) is 16.1. The zero-order valence-electron chi connectivity index (χ0n) is 12.5. The van der Waals surface area contributed by atoms with Crippen LogP contribution >= 0.6 is 0 Å². The molecule has 0 fully saturated rings. The molecule has 0 aliphatic rings. The molecular formula is C16H18N2O4. The summed E-state index contributed by atoms with van der Waals surface area (Å²) in [6, 6.07) is 8.41. The van der Waals surface area contributed by atoms with E-state index in [0.717, 1.165) is 5.56 Å². The molecule has 2 N–H and O–H groups in total. The van der Waals surface area contributed by atoms with E-state index in [9.17, 15) is 9.59 Å². The quantitative estimate of drug-likeness (QED) is 0.855. The molecule has 0 radical (unpaired) electrons. The monoisotopic (exact) mass is 302 g/mol. The summed E-state index contributed by atoms with van der Waals surface area (Å²) in [4.78, 5) is 23.5. The first-order chi connectivity index (χ1) is 10.5. The molecule has 6 nitrogen and oxygen atoms in total. The predicted molar refractivity (Wildman–Crippen MR) is 79.5 cm³/mol. The van der Waals surface area contributed by atoms with Gasteiger partial charge in [0.1, 0.15) is 11.3 Å². The van der Waals surface area contributed by atoms with Crippen molar-refractivity contribution in [2.75, 3.05) is 0 Å². The lowest BCUT2D eigenvalue weighted by molar-refractivity contribution is -0.137. The lowest BCUT2D eigenvalue weighted by Gasteiger charge is -2.17. The minimum absolute atomic E-state index is 0.193. The third kappa shape index (κ3) is 3.52. The average molecular weight is 302 g/mol. The summed E-state index contributed by atoms with van der Waals surface area (Å²) in [5.41, 5.74) is 1.69. The smallest absolute Gasteiger partial charge is 0.305 e. The van der Waals surface area contributed by atoms with Gasteiger partial charge >= 0.3 is 5.97 Å². The van der Waals surface area contributed by atoms with E-state index in [4.69, 9.17) is 9.63 Å². The Morgan fingerprint density at radius 1 is 1.32 bits per heavy atom.